The van der Waals surface area contributed by atoms with E-state index in [-0.39, 0.29) is 51.0 Å². The summed E-state index contributed by atoms with van der Waals surface area (Å²) < 4.78 is 0. The Kier molecular flexibility index (Phi) is 8.37. The van der Waals surface area contributed by atoms with Gasteiger partial charge in [0.25, 0.3) is 0 Å². The van der Waals surface area contributed by atoms with Crippen LogP contribution in [0.1, 0.15) is 6.92 Å². The van der Waals surface area contributed by atoms with Gasteiger partial charge in [0.2, 0.25) is 0 Å². The van der Waals surface area contributed by atoms with Gasteiger partial charge < -0.3 is 24.8 Å². The third kappa shape index (κ3) is 3.07. The van der Waals surface area contributed by atoms with Gasteiger partial charge in [0.05, 0.1) is 0 Å². The largest absolute Gasteiger partial charge is 2.00 e. The quantitative estimate of drug-likeness (QED) is 0.452. The fourth-order valence-electron chi connectivity index (χ4n) is 1.19. The molecule has 1 heterocycles. The van der Waals surface area contributed by atoms with Crippen molar-refractivity contribution < 1.29 is 51.0 Å². The Balaban J connectivity index is 0. The van der Waals surface area contributed by atoms with Gasteiger partial charge in [-0.05, 0) is 11.8 Å². The van der Waals surface area contributed by atoms with Crippen molar-refractivity contribution in [2.75, 3.05) is 0 Å². The molecule has 4 heteroatoms. The van der Waals surface area contributed by atoms with Crippen molar-refractivity contribution in [3.63, 3.8) is 0 Å². The van der Waals surface area contributed by atoms with Crippen molar-refractivity contribution in [2.24, 2.45) is 5.92 Å². The summed E-state index contributed by atoms with van der Waals surface area (Å²) in [6, 6.07) is 0. The number of allylic oxidation sites excluding steroid dienone is 6. The molecule has 0 amide bonds. The molecule has 0 saturated carbocycles. The van der Waals surface area contributed by atoms with Crippen LogP contribution in [-0.2, 0) is 26.2 Å². The summed E-state index contributed by atoms with van der Waals surface area (Å²) in [5.74, 6) is 0.634. The SMILES string of the molecule is CC1=CC2C=CC=C2S1.[Cl-].[Cl-].[Zr+2]. The van der Waals surface area contributed by atoms with E-state index in [0.717, 1.165) is 0 Å². The van der Waals surface area contributed by atoms with Crippen molar-refractivity contribution in [2.45, 2.75) is 6.92 Å². The van der Waals surface area contributed by atoms with E-state index in [1.54, 1.807) is 0 Å². The van der Waals surface area contributed by atoms with Crippen molar-refractivity contribution in [3.05, 3.63) is 34.1 Å². The minimum Gasteiger partial charge on any atom is -1.00 e. The molecule has 1 unspecified atom stereocenters. The third-order valence-corrected chi connectivity index (χ3v) is 2.70. The van der Waals surface area contributed by atoms with E-state index in [1.165, 1.54) is 9.81 Å². The average molecular weight is 298 g/mol. The first kappa shape index (κ1) is 15.5. The molecule has 1 atom stereocenters. The Morgan fingerprint density at radius 3 is 2.58 bits per heavy atom. The number of thioether (sulfide) groups is 1. The smallest absolute Gasteiger partial charge is 1.00 e. The molecule has 2 aliphatic rings. The van der Waals surface area contributed by atoms with Crippen molar-refractivity contribution in [1.29, 1.82) is 0 Å². The van der Waals surface area contributed by atoms with E-state index >= 15 is 0 Å². The molecular formula is C8H8Cl2SZr. The minimum atomic E-state index is 0. The first-order valence-corrected chi connectivity index (χ1v) is 3.92. The van der Waals surface area contributed by atoms with Gasteiger partial charge >= 0.3 is 26.2 Å². The Labute approximate surface area is 109 Å². The molecule has 0 N–H and O–H groups in total. The Hall–Kier alpha value is 1.03. The summed E-state index contributed by atoms with van der Waals surface area (Å²) in [6.07, 6.45) is 8.87. The topological polar surface area (TPSA) is 0 Å². The van der Waals surface area contributed by atoms with Gasteiger partial charge in [0.1, 0.15) is 0 Å². The molecule has 0 fully saturated rings. The van der Waals surface area contributed by atoms with E-state index in [0.29, 0.717) is 5.92 Å². The number of fused-ring (bicyclic) bond motifs is 1. The zero-order chi connectivity index (χ0) is 6.27. The molecule has 0 spiro atoms. The van der Waals surface area contributed by atoms with Gasteiger partial charge in [-0.1, -0.05) is 36.1 Å². The second-order valence-electron chi connectivity index (χ2n) is 2.36. The summed E-state index contributed by atoms with van der Waals surface area (Å²) in [5, 5.41) is 0. The van der Waals surface area contributed by atoms with Gasteiger partial charge in [-0.15, -0.1) is 0 Å². The maximum atomic E-state index is 2.31. The fraction of sp³-hybridized carbons (Fsp3) is 0.250. The zero-order valence-electron chi connectivity index (χ0n) is 6.55. The molecule has 0 saturated heterocycles. The van der Waals surface area contributed by atoms with Gasteiger partial charge in [0, 0.05) is 10.8 Å². The summed E-state index contributed by atoms with van der Waals surface area (Å²) in [7, 11) is 0. The first-order valence-electron chi connectivity index (χ1n) is 3.11. The number of hydrogen-bond donors (Lipinski definition) is 0. The van der Waals surface area contributed by atoms with E-state index in [2.05, 4.69) is 31.2 Å². The Bertz CT molecular complexity index is 233. The minimum absolute atomic E-state index is 0. The van der Waals surface area contributed by atoms with Crippen molar-refractivity contribution in [3.8, 4) is 0 Å². The third-order valence-electron chi connectivity index (χ3n) is 1.60. The van der Waals surface area contributed by atoms with Crippen molar-refractivity contribution >= 4 is 11.8 Å². The maximum absolute atomic E-state index is 2.31. The van der Waals surface area contributed by atoms with Gasteiger partial charge in [-0.2, -0.15) is 0 Å². The van der Waals surface area contributed by atoms with Crippen LogP contribution in [0, 0.1) is 5.92 Å². The summed E-state index contributed by atoms with van der Waals surface area (Å²) in [5.41, 5.74) is 0. The number of rotatable bonds is 0. The maximum Gasteiger partial charge on any atom is 2.00 e. The van der Waals surface area contributed by atoms with Crippen LogP contribution in [0.3, 0.4) is 0 Å². The fourth-order valence-corrected chi connectivity index (χ4v) is 2.20. The van der Waals surface area contributed by atoms with Crippen LogP contribution in [0.4, 0.5) is 0 Å². The monoisotopic (exact) mass is 296 g/mol. The second-order valence-corrected chi connectivity index (χ2v) is 3.68. The van der Waals surface area contributed by atoms with Crippen molar-refractivity contribution in [1.82, 2.24) is 0 Å². The van der Waals surface area contributed by atoms with Crippen LogP contribution in [0.2, 0.25) is 0 Å². The molecule has 0 nitrogen and oxygen atoms in total. The molecule has 0 radical (unpaired) electrons. The molecule has 0 aromatic rings. The van der Waals surface area contributed by atoms with Gasteiger partial charge in [-0.3, -0.25) is 0 Å². The van der Waals surface area contributed by atoms with Crippen LogP contribution >= 0.6 is 11.8 Å². The predicted molar refractivity (Wildman–Crippen MR) is 42.1 cm³/mol. The Morgan fingerprint density at radius 2 is 2.00 bits per heavy atom. The molecule has 2 rings (SSSR count). The van der Waals surface area contributed by atoms with Crippen LogP contribution in [-0.4, -0.2) is 0 Å². The molecule has 12 heavy (non-hydrogen) atoms. The van der Waals surface area contributed by atoms with Crippen LogP contribution in [0.5, 0.6) is 0 Å². The number of halogens is 2. The predicted octanol–water partition coefficient (Wildman–Crippen LogP) is -3.29. The summed E-state index contributed by atoms with van der Waals surface area (Å²) in [4.78, 5) is 2.93. The molecule has 1 aliphatic carbocycles. The van der Waals surface area contributed by atoms with Crippen LogP contribution < -0.4 is 24.8 Å². The molecular weight excluding hydrogens is 290 g/mol. The molecule has 0 aromatic carbocycles. The zero-order valence-corrected chi connectivity index (χ0v) is 11.3. The van der Waals surface area contributed by atoms with E-state index in [9.17, 15) is 0 Å². The van der Waals surface area contributed by atoms with Crippen LogP contribution in [0.15, 0.2) is 34.1 Å². The second kappa shape index (κ2) is 6.48. The summed E-state index contributed by atoms with van der Waals surface area (Å²) in [6.45, 7) is 2.16. The average Bonchev–Trinajstić information content (AvgIpc) is 2.22. The van der Waals surface area contributed by atoms with Crippen LogP contribution in [0.25, 0.3) is 0 Å². The van der Waals surface area contributed by atoms with E-state index < -0.39 is 0 Å². The molecule has 1 aliphatic heterocycles. The Morgan fingerprint density at radius 1 is 1.33 bits per heavy atom. The van der Waals surface area contributed by atoms with Gasteiger partial charge in [-0.25, -0.2) is 0 Å². The standard InChI is InChI=1S/C8H8S.2ClH.Zr/c1-6-5-7-3-2-4-8(7)9-6;;;/h2-5,7H,1H3;2*1H;/q;;;+2/p-2. The van der Waals surface area contributed by atoms with E-state index in [4.69, 9.17) is 0 Å². The van der Waals surface area contributed by atoms with Gasteiger partial charge in [0.15, 0.2) is 0 Å². The summed E-state index contributed by atoms with van der Waals surface area (Å²) >= 11 is 1.90. The number of hydrogen-bond acceptors (Lipinski definition) is 1. The first-order chi connectivity index (χ1) is 4.36. The molecule has 0 aromatic heterocycles. The molecule has 64 valence electrons. The van der Waals surface area contributed by atoms with E-state index in [1.807, 2.05) is 11.8 Å². The normalized spacial score (nSPS) is 22.6. The molecule has 0 bridgehead atoms.